The lowest BCUT2D eigenvalue weighted by molar-refractivity contribution is -0.121. The zero-order valence-corrected chi connectivity index (χ0v) is 20.3. The van der Waals surface area contributed by atoms with E-state index in [-0.39, 0.29) is 23.1 Å². The minimum Gasteiger partial charge on any atom is -0.300 e. The standard InChI is InChI=1S/C26H24BrNO3S/c1-18-8-14-23(15-9-18)32(30,31)28-17-25(19(2)29)24(20-6-4-3-5-7-20)16-26(28)21-10-12-22(27)13-11-21/h3-16,24-25H,17H2,1-2H3/t24-,25-/m1/s1. The maximum absolute atomic E-state index is 13.7. The van der Waals surface area contributed by atoms with Crippen molar-refractivity contribution in [2.75, 3.05) is 6.54 Å². The van der Waals surface area contributed by atoms with Crippen molar-refractivity contribution in [1.82, 2.24) is 4.31 Å². The van der Waals surface area contributed by atoms with Gasteiger partial charge in [0.2, 0.25) is 0 Å². The van der Waals surface area contributed by atoms with Crippen LogP contribution in [0, 0.1) is 12.8 Å². The number of halogens is 1. The number of benzene rings is 3. The van der Waals surface area contributed by atoms with E-state index in [1.165, 1.54) is 11.2 Å². The predicted octanol–water partition coefficient (Wildman–Crippen LogP) is 5.79. The van der Waals surface area contributed by atoms with Gasteiger partial charge in [0.05, 0.1) is 10.6 Å². The van der Waals surface area contributed by atoms with Crippen LogP contribution in [0.4, 0.5) is 0 Å². The van der Waals surface area contributed by atoms with Crippen LogP contribution in [0.15, 0.2) is 94.3 Å². The Kier molecular flexibility index (Phi) is 6.35. The van der Waals surface area contributed by atoms with E-state index < -0.39 is 15.9 Å². The molecule has 0 radical (unpaired) electrons. The lowest BCUT2D eigenvalue weighted by Crippen LogP contribution is -2.41. The molecule has 164 valence electrons. The summed E-state index contributed by atoms with van der Waals surface area (Å²) in [6.45, 7) is 3.55. The molecule has 0 unspecified atom stereocenters. The molecule has 0 amide bonds. The van der Waals surface area contributed by atoms with Crippen LogP contribution >= 0.6 is 15.9 Å². The Labute approximate surface area is 197 Å². The maximum atomic E-state index is 13.7. The van der Waals surface area contributed by atoms with Crippen molar-refractivity contribution >= 4 is 37.4 Å². The zero-order valence-electron chi connectivity index (χ0n) is 17.9. The Hall–Kier alpha value is -2.70. The number of aryl methyl sites for hydroxylation is 1. The summed E-state index contributed by atoms with van der Waals surface area (Å²) < 4.78 is 29.8. The molecule has 4 rings (SSSR count). The molecule has 6 heteroatoms. The summed E-state index contributed by atoms with van der Waals surface area (Å²) >= 11 is 3.45. The molecule has 0 aliphatic carbocycles. The molecular formula is C26H24BrNO3S. The molecule has 1 aliphatic heterocycles. The average Bonchev–Trinajstić information content (AvgIpc) is 2.79. The van der Waals surface area contributed by atoms with Crippen LogP contribution in [-0.2, 0) is 14.8 Å². The number of rotatable bonds is 5. The molecule has 1 aliphatic rings. The Balaban J connectivity index is 1.90. The van der Waals surface area contributed by atoms with Crippen molar-refractivity contribution in [3.05, 3.63) is 106 Å². The second-order valence-corrected chi connectivity index (χ2v) is 10.8. The number of ketones is 1. The zero-order chi connectivity index (χ0) is 22.9. The number of nitrogens with zero attached hydrogens (tertiary/aromatic N) is 1. The molecule has 1 heterocycles. The van der Waals surface area contributed by atoms with Crippen molar-refractivity contribution < 1.29 is 13.2 Å². The van der Waals surface area contributed by atoms with Gasteiger partial charge in [-0.05, 0) is 49.2 Å². The van der Waals surface area contributed by atoms with Gasteiger partial charge in [-0.3, -0.25) is 9.10 Å². The van der Waals surface area contributed by atoms with Crippen LogP contribution in [-0.4, -0.2) is 25.1 Å². The summed E-state index contributed by atoms with van der Waals surface area (Å²) in [7, 11) is -3.86. The van der Waals surface area contributed by atoms with Crippen LogP contribution in [0.3, 0.4) is 0 Å². The highest BCUT2D eigenvalue weighted by Gasteiger charge is 2.39. The monoisotopic (exact) mass is 509 g/mol. The number of Topliss-reactive ketones (excluding diaryl/α,β-unsaturated/α-hetero) is 1. The number of carbonyl (C=O) groups is 1. The predicted molar refractivity (Wildman–Crippen MR) is 131 cm³/mol. The fourth-order valence-electron chi connectivity index (χ4n) is 4.07. The topological polar surface area (TPSA) is 54.5 Å². The summed E-state index contributed by atoms with van der Waals surface area (Å²) in [5.74, 6) is -0.720. The molecule has 2 atom stereocenters. The van der Waals surface area contributed by atoms with Gasteiger partial charge in [0.1, 0.15) is 5.78 Å². The summed E-state index contributed by atoms with van der Waals surface area (Å²) in [4.78, 5) is 12.9. The first-order chi connectivity index (χ1) is 15.3. The highest BCUT2D eigenvalue weighted by molar-refractivity contribution is 9.10. The first-order valence-corrected chi connectivity index (χ1v) is 12.6. The van der Waals surface area contributed by atoms with Gasteiger partial charge in [-0.15, -0.1) is 0 Å². The van der Waals surface area contributed by atoms with Crippen molar-refractivity contribution in [3.63, 3.8) is 0 Å². The van der Waals surface area contributed by atoms with E-state index in [2.05, 4.69) is 15.9 Å². The van der Waals surface area contributed by atoms with E-state index >= 15 is 0 Å². The second-order valence-electron chi connectivity index (χ2n) is 8.06. The quantitative estimate of drug-likeness (QED) is 0.437. The first kappa shape index (κ1) is 22.5. The van der Waals surface area contributed by atoms with Gasteiger partial charge in [-0.25, -0.2) is 8.42 Å². The molecule has 4 nitrogen and oxygen atoms in total. The molecule has 32 heavy (non-hydrogen) atoms. The van der Waals surface area contributed by atoms with Crippen molar-refractivity contribution in [3.8, 4) is 0 Å². The molecule has 0 aromatic heterocycles. The number of allylic oxidation sites excluding steroid dienone is 1. The van der Waals surface area contributed by atoms with Crippen molar-refractivity contribution in [1.29, 1.82) is 0 Å². The summed E-state index contributed by atoms with van der Waals surface area (Å²) in [6, 6.07) is 24.2. The number of carbonyl (C=O) groups excluding carboxylic acids is 1. The first-order valence-electron chi connectivity index (χ1n) is 10.4. The Bertz CT molecular complexity index is 1250. The molecule has 0 fully saturated rings. The molecule has 3 aromatic carbocycles. The van der Waals surface area contributed by atoms with Gasteiger partial charge in [-0.2, -0.15) is 0 Å². The van der Waals surface area contributed by atoms with Gasteiger partial charge in [0.15, 0.2) is 0 Å². The highest BCUT2D eigenvalue weighted by atomic mass is 79.9. The second kappa shape index (κ2) is 9.04. The Morgan fingerprint density at radius 2 is 1.56 bits per heavy atom. The molecule has 3 aromatic rings. The largest absolute Gasteiger partial charge is 0.300 e. The van der Waals surface area contributed by atoms with Gasteiger partial charge < -0.3 is 0 Å². The summed E-state index contributed by atoms with van der Waals surface area (Å²) in [5, 5.41) is 0. The van der Waals surface area contributed by atoms with Crippen LogP contribution in [0.1, 0.15) is 29.5 Å². The molecule has 0 saturated carbocycles. The Morgan fingerprint density at radius 3 is 2.16 bits per heavy atom. The fourth-order valence-corrected chi connectivity index (χ4v) is 5.85. The molecule has 0 bridgehead atoms. The van der Waals surface area contributed by atoms with Gasteiger partial charge in [0.25, 0.3) is 10.0 Å². The van der Waals surface area contributed by atoms with E-state index in [9.17, 15) is 13.2 Å². The van der Waals surface area contributed by atoms with Crippen molar-refractivity contribution in [2.24, 2.45) is 5.92 Å². The van der Waals surface area contributed by atoms with E-state index in [0.29, 0.717) is 5.70 Å². The average molecular weight is 510 g/mol. The van der Waals surface area contributed by atoms with Gasteiger partial charge in [-0.1, -0.05) is 82.2 Å². The summed E-state index contributed by atoms with van der Waals surface area (Å²) in [6.07, 6.45) is 1.93. The van der Waals surface area contributed by atoms with E-state index in [4.69, 9.17) is 0 Å². The molecule has 0 spiro atoms. The number of hydrogen-bond acceptors (Lipinski definition) is 3. The molecule has 0 saturated heterocycles. The van der Waals surface area contributed by atoms with Crippen LogP contribution in [0.25, 0.3) is 5.70 Å². The maximum Gasteiger partial charge on any atom is 0.264 e. The minimum absolute atomic E-state index is 0.0333. The van der Waals surface area contributed by atoms with Crippen LogP contribution < -0.4 is 0 Å². The smallest absolute Gasteiger partial charge is 0.264 e. The van der Waals surface area contributed by atoms with Gasteiger partial charge in [0, 0.05) is 22.9 Å². The van der Waals surface area contributed by atoms with E-state index in [1.54, 1.807) is 24.3 Å². The third-order valence-corrected chi connectivity index (χ3v) is 8.18. The lowest BCUT2D eigenvalue weighted by atomic mass is 9.80. The van der Waals surface area contributed by atoms with E-state index in [0.717, 1.165) is 21.2 Å². The number of hydrogen-bond donors (Lipinski definition) is 0. The van der Waals surface area contributed by atoms with E-state index in [1.807, 2.05) is 67.6 Å². The van der Waals surface area contributed by atoms with Gasteiger partial charge >= 0.3 is 0 Å². The lowest BCUT2D eigenvalue weighted by Gasteiger charge is -2.38. The normalized spacial score (nSPS) is 18.8. The third-order valence-electron chi connectivity index (χ3n) is 5.86. The van der Waals surface area contributed by atoms with Crippen LogP contribution in [0.5, 0.6) is 0 Å². The number of sulfonamides is 1. The molecular weight excluding hydrogens is 486 g/mol. The van der Waals surface area contributed by atoms with Crippen molar-refractivity contribution in [2.45, 2.75) is 24.7 Å². The fraction of sp³-hybridized carbons (Fsp3) is 0.192. The third kappa shape index (κ3) is 4.43. The highest BCUT2D eigenvalue weighted by Crippen LogP contribution is 2.40. The minimum atomic E-state index is -3.86. The summed E-state index contributed by atoms with van der Waals surface area (Å²) in [5.41, 5.74) is 3.35. The Morgan fingerprint density at radius 1 is 0.938 bits per heavy atom. The molecule has 0 N–H and O–H groups in total. The SMILES string of the molecule is CC(=O)[C@H]1CN(S(=O)(=O)c2ccc(C)cc2)C(c2ccc(Br)cc2)=C[C@@H]1c1ccccc1. The van der Waals surface area contributed by atoms with Crippen LogP contribution in [0.2, 0.25) is 0 Å².